The molecule has 1 atom stereocenters. The third kappa shape index (κ3) is 5.71. The van der Waals surface area contributed by atoms with Crippen molar-refractivity contribution in [2.75, 3.05) is 12.8 Å². The number of sulfonamides is 1. The van der Waals surface area contributed by atoms with Gasteiger partial charge in [-0.15, -0.1) is 0 Å². The van der Waals surface area contributed by atoms with Gasteiger partial charge in [0.1, 0.15) is 5.82 Å². The highest BCUT2D eigenvalue weighted by Crippen LogP contribution is 2.15. The molecule has 8 heteroatoms. The predicted molar refractivity (Wildman–Crippen MR) is 91.6 cm³/mol. The number of amides is 1. The van der Waals surface area contributed by atoms with Crippen LogP contribution in [0.25, 0.3) is 11.3 Å². The van der Waals surface area contributed by atoms with Gasteiger partial charge in [-0.1, -0.05) is 30.3 Å². The molecule has 1 amide bonds. The van der Waals surface area contributed by atoms with E-state index in [4.69, 9.17) is 0 Å². The lowest BCUT2D eigenvalue weighted by Crippen LogP contribution is -2.44. The Morgan fingerprint density at radius 3 is 2.58 bits per heavy atom. The second-order valence-electron chi connectivity index (χ2n) is 5.38. The van der Waals surface area contributed by atoms with E-state index in [2.05, 4.69) is 20.0 Å². The van der Waals surface area contributed by atoms with Crippen molar-refractivity contribution in [1.29, 1.82) is 0 Å². The molecule has 0 saturated heterocycles. The summed E-state index contributed by atoms with van der Waals surface area (Å²) in [4.78, 5) is 20.5. The van der Waals surface area contributed by atoms with Crippen molar-refractivity contribution < 1.29 is 13.2 Å². The summed E-state index contributed by atoms with van der Waals surface area (Å²) in [6, 6.07) is 10.7. The minimum atomic E-state index is -3.42. The molecule has 1 aromatic carbocycles. The van der Waals surface area contributed by atoms with Gasteiger partial charge in [0.25, 0.3) is 0 Å². The molecular formula is C16H20N4O3S. The highest BCUT2D eigenvalue weighted by Gasteiger charge is 2.16. The molecule has 2 rings (SSSR count). The summed E-state index contributed by atoms with van der Waals surface area (Å²) in [6.45, 7) is 1.82. The first-order chi connectivity index (χ1) is 11.3. The van der Waals surface area contributed by atoms with Gasteiger partial charge in [0.15, 0.2) is 0 Å². The van der Waals surface area contributed by atoms with Gasteiger partial charge in [-0.2, -0.15) is 0 Å². The van der Waals surface area contributed by atoms with Crippen molar-refractivity contribution in [3.63, 3.8) is 0 Å². The summed E-state index contributed by atoms with van der Waals surface area (Å²) < 4.78 is 24.4. The van der Waals surface area contributed by atoms with E-state index in [0.717, 1.165) is 17.5 Å². The first kappa shape index (κ1) is 18.0. The molecule has 128 valence electrons. The molecule has 2 N–H and O–H groups in total. The van der Waals surface area contributed by atoms with Gasteiger partial charge in [0.2, 0.25) is 15.9 Å². The molecule has 1 aromatic heterocycles. The molecular weight excluding hydrogens is 328 g/mol. The Morgan fingerprint density at radius 2 is 1.92 bits per heavy atom. The van der Waals surface area contributed by atoms with E-state index in [1.807, 2.05) is 36.4 Å². The van der Waals surface area contributed by atoms with Gasteiger partial charge in [-0.25, -0.2) is 23.1 Å². The van der Waals surface area contributed by atoms with Crippen molar-refractivity contribution in [2.24, 2.45) is 0 Å². The number of aromatic nitrogens is 2. The number of carbonyl (C=O) groups is 1. The third-order valence-electron chi connectivity index (χ3n) is 3.21. The van der Waals surface area contributed by atoms with Crippen LogP contribution in [0.3, 0.4) is 0 Å². The van der Waals surface area contributed by atoms with E-state index in [9.17, 15) is 13.2 Å². The van der Waals surface area contributed by atoms with Gasteiger partial charge in [0.05, 0.1) is 18.0 Å². The van der Waals surface area contributed by atoms with Crippen LogP contribution in [0.15, 0.2) is 42.6 Å². The maximum absolute atomic E-state index is 11.8. The first-order valence-electron chi connectivity index (χ1n) is 7.47. The summed E-state index contributed by atoms with van der Waals surface area (Å²) in [7, 11) is -3.42. The second-order valence-corrected chi connectivity index (χ2v) is 7.16. The maximum atomic E-state index is 11.8. The van der Waals surface area contributed by atoms with Gasteiger partial charge >= 0.3 is 0 Å². The molecule has 0 saturated carbocycles. The SMILES string of the molecule is CC(NS(C)(=O)=O)C(=O)NCCc1nccc(-c2ccccc2)n1. The van der Waals surface area contributed by atoms with Crippen LogP contribution in [0.4, 0.5) is 0 Å². The summed E-state index contributed by atoms with van der Waals surface area (Å²) in [5, 5.41) is 2.67. The Morgan fingerprint density at radius 1 is 1.21 bits per heavy atom. The molecule has 0 aliphatic rings. The van der Waals surface area contributed by atoms with Crippen molar-refractivity contribution in [2.45, 2.75) is 19.4 Å². The molecule has 0 bridgehead atoms. The van der Waals surface area contributed by atoms with E-state index in [-0.39, 0.29) is 5.91 Å². The molecule has 0 aliphatic heterocycles. The number of hydrogen-bond donors (Lipinski definition) is 2. The molecule has 0 spiro atoms. The van der Waals surface area contributed by atoms with E-state index in [1.54, 1.807) is 6.20 Å². The zero-order valence-corrected chi connectivity index (χ0v) is 14.4. The van der Waals surface area contributed by atoms with Crippen LogP contribution < -0.4 is 10.0 Å². The van der Waals surface area contributed by atoms with Crippen LogP contribution in [0.2, 0.25) is 0 Å². The lowest BCUT2D eigenvalue weighted by atomic mass is 10.1. The number of hydrogen-bond acceptors (Lipinski definition) is 5. The van der Waals surface area contributed by atoms with E-state index in [1.165, 1.54) is 6.92 Å². The lowest BCUT2D eigenvalue weighted by molar-refractivity contribution is -0.122. The summed E-state index contributed by atoms with van der Waals surface area (Å²) >= 11 is 0. The largest absolute Gasteiger partial charge is 0.354 e. The van der Waals surface area contributed by atoms with Crippen molar-refractivity contribution >= 4 is 15.9 Å². The van der Waals surface area contributed by atoms with Crippen LogP contribution in [0.5, 0.6) is 0 Å². The van der Waals surface area contributed by atoms with Crippen LogP contribution in [0.1, 0.15) is 12.7 Å². The van der Waals surface area contributed by atoms with Crippen molar-refractivity contribution in [1.82, 2.24) is 20.0 Å². The van der Waals surface area contributed by atoms with Crippen LogP contribution >= 0.6 is 0 Å². The molecule has 1 heterocycles. The van der Waals surface area contributed by atoms with Crippen molar-refractivity contribution in [3.8, 4) is 11.3 Å². The minimum Gasteiger partial charge on any atom is -0.354 e. The summed E-state index contributed by atoms with van der Waals surface area (Å²) in [6.07, 6.45) is 3.15. The maximum Gasteiger partial charge on any atom is 0.237 e. The minimum absolute atomic E-state index is 0.326. The average molecular weight is 348 g/mol. The van der Waals surface area contributed by atoms with Crippen LogP contribution in [-0.2, 0) is 21.2 Å². The topological polar surface area (TPSA) is 101 Å². The predicted octanol–water partition coefficient (Wildman–Crippen LogP) is 0.740. The summed E-state index contributed by atoms with van der Waals surface area (Å²) in [5.74, 6) is 0.222. The normalized spacial score (nSPS) is 12.6. The summed E-state index contributed by atoms with van der Waals surface area (Å²) in [5.41, 5.74) is 1.81. The number of nitrogens with zero attached hydrogens (tertiary/aromatic N) is 2. The quantitative estimate of drug-likeness (QED) is 0.768. The Hall–Kier alpha value is -2.32. The van der Waals surface area contributed by atoms with Crippen molar-refractivity contribution in [3.05, 3.63) is 48.4 Å². The number of nitrogens with one attached hydrogen (secondary N) is 2. The monoisotopic (exact) mass is 348 g/mol. The fraction of sp³-hybridized carbons (Fsp3) is 0.312. The van der Waals surface area contributed by atoms with Gasteiger partial charge in [0, 0.05) is 24.7 Å². The highest BCUT2D eigenvalue weighted by atomic mass is 32.2. The fourth-order valence-corrected chi connectivity index (χ4v) is 2.86. The van der Waals surface area contributed by atoms with E-state index < -0.39 is 16.1 Å². The number of carbonyl (C=O) groups excluding carboxylic acids is 1. The third-order valence-corrected chi connectivity index (χ3v) is 3.99. The lowest BCUT2D eigenvalue weighted by Gasteiger charge is -2.12. The Bertz CT molecular complexity index is 794. The zero-order valence-electron chi connectivity index (χ0n) is 13.6. The highest BCUT2D eigenvalue weighted by molar-refractivity contribution is 7.88. The fourth-order valence-electron chi connectivity index (χ4n) is 2.11. The zero-order chi connectivity index (χ0) is 17.6. The van der Waals surface area contributed by atoms with Gasteiger partial charge in [-0.05, 0) is 13.0 Å². The molecule has 7 nitrogen and oxygen atoms in total. The molecule has 2 aromatic rings. The first-order valence-corrected chi connectivity index (χ1v) is 9.36. The Kier molecular flexibility index (Phi) is 5.99. The molecule has 1 unspecified atom stereocenters. The van der Waals surface area contributed by atoms with E-state index >= 15 is 0 Å². The van der Waals surface area contributed by atoms with Crippen LogP contribution in [0, 0.1) is 0 Å². The second kappa shape index (κ2) is 7.98. The average Bonchev–Trinajstić information content (AvgIpc) is 2.54. The standard InChI is InChI=1S/C16H20N4O3S/c1-12(20-24(2,22)23)16(21)18-11-9-15-17-10-8-14(19-15)13-6-4-3-5-7-13/h3-8,10,12,20H,9,11H2,1-2H3,(H,18,21). The molecule has 0 fully saturated rings. The number of rotatable bonds is 7. The van der Waals surface area contributed by atoms with Gasteiger partial charge in [-0.3, -0.25) is 4.79 Å². The van der Waals surface area contributed by atoms with E-state index in [0.29, 0.717) is 18.8 Å². The molecule has 0 radical (unpaired) electrons. The molecule has 24 heavy (non-hydrogen) atoms. The number of benzene rings is 1. The van der Waals surface area contributed by atoms with Crippen LogP contribution in [-0.4, -0.2) is 43.1 Å². The molecule has 0 aliphatic carbocycles. The Balaban J connectivity index is 1.90. The van der Waals surface area contributed by atoms with Gasteiger partial charge < -0.3 is 5.32 Å². The Labute approximate surface area is 141 Å². The smallest absolute Gasteiger partial charge is 0.237 e.